The molecule has 0 aromatic heterocycles. The largest absolute Gasteiger partial charge is 0.490 e. The first kappa shape index (κ1) is 16.5. The molecule has 4 nitrogen and oxygen atoms in total. The van der Waals surface area contributed by atoms with E-state index in [0.29, 0.717) is 12.2 Å². The molecule has 0 unspecified atom stereocenters. The Morgan fingerprint density at radius 1 is 1.25 bits per heavy atom. The molecule has 0 radical (unpaired) electrons. The molecule has 0 saturated heterocycles. The van der Waals surface area contributed by atoms with Crippen LogP contribution >= 0.6 is 0 Å². The van der Waals surface area contributed by atoms with E-state index in [-0.39, 0.29) is 18.1 Å². The second-order valence-electron chi connectivity index (χ2n) is 6.21. The number of ether oxygens (including phenoxy) is 1. The van der Waals surface area contributed by atoms with Gasteiger partial charge in [-0.2, -0.15) is 0 Å². The summed E-state index contributed by atoms with van der Waals surface area (Å²) in [6.07, 6.45) is 0.720. The average molecular weight is 330 g/mol. The van der Waals surface area contributed by atoms with Crippen molar-refractivity contribution < 1.29 is 24.1 Å². The Balaban J connectivity index is 1.82. The van der Waals surface area contributed by atoms with Gasteiger partial charge in [0.25, 0.3) is 0 Å². The fourth-order valence-electron chi connectivity index (χ4n) is 3.23. The van der Waals surface area contributed by atoms with Crippen LogP contribution in [-0.2, 0) is 16.8 Å². The molecule has 2 aromatic carbocycles. The normalized spacial score (nSPS) is 22.5. The van der Waals surface area contributed by atoms with Crippen LogP contribution in [0.25, 0.3) is 0 Å². The second-order valence-corrected chi connectivity index (χ2v) is 6.21. The Bertz CT molecular complexity index is 731. The first-order chi connectivity index (χ1) is 11.5. The summed E-state index contributed by atoms with van der Waals surface area (Å²) in [5, 5.41) is 20.0. The fraction of sp³-hybridized carbons (Fsp3) is 0.316. The maximum absolute atomic E-state index is 13.5. The molecule has 5 heteroatoms. The lowest BCUT2D eigenvalue weighted by Crippen LogP contribution is -2.40. The van der Waals surface area contributed by atoms with Gasteiger partial charge in [0.2, 0.25) is 0 Å². The zero-order valence-corrected chi connectivity index (χ0v) is 13.1. The van der Waals surface area contributed by atoms with Crippen molar-refractivity contribution in [1.82, 2.24) is 0 Å². The Kier molecular flexibility index (Phi) is 4.53. The van der Waals surface area contributed by atoms with Crippen LogP contribution < -0.4 is 4.74 Å². The molecular weight excluding hydrogens is 311 g/mol. The molecule has 2 N–H and O–H groups in total. The quantitative estimate of drug-likeness (QED) is 0.883. The highest BCUT2D eigenvalue weighted by Gasteiger charge is 2.42. The summed E-state index contributed by atoms with van der Waals surface area (Å²) in [4.78, 5) is 11.2. The SMILES string of the molecule is O=C(O)C[C@]1(O)C[C@@H](CCc2ccccc2)Oc2ccc(F)cc21. The van der Waals surface area contributed by atoms with E-state index in [9.17, 15) is 14.3 Å². The van der Waals surface area contributed by atoms with Crippen molar-refractivity contribution in [2.24, 2.45) is 0 Å². The fourth-order valence-corrected chi connectivity index (χ4v) is 3.23. The van der Waals surface area contributed by atoms with Gasteiger partial charge in [0.1, 0.15) is 23.3 Å². The van der Waals surface area contributed by atoms with Crippen molar-refractivity contribution in [2.45, 2.75) is 37.4 Å². The van der Waals surface area contributed by atoms with Crippen LogP contribution in [0.3, 0.4) is 0 Å². The van der Waals surface area contributed by atoms with Crippen molar-refractivity contribution in [3.63, 3.8) is 0 Å². The Morgan fingerprint density at radius 3 is 2.71 bits per heavy atom. The Hall–Kier alpha value is -2.40. The molecule has 1 aliphatic rings. The summed E-state index contributed by atoms with van der Waals surface area (Å²) in [6.45, 7) is 0. The summed E-state index contributed by atoms with van der Waals surface area (Å²) >= 11 is 0. The number of hydrogen-bond acceptors (Lipinski definition) is 3. The predicted octanol–water partition coefficient (Wildman–Crippen LogP) is 3.27. The average Bonchev–Trinajstić information content (AvgIpc) is 2.54. The molecule has 0 aliphatic carbocycles. The first-order valence-corrected chi connectivity index (χ1v) is 7.91. The third-order valence-corrected chi connectivity index (χ3v) is 4.34. The number of carbonyl (C=O) groups is 1. The highest BCUT2D eigenvalue weighted by atomic mass is 19.1. The number of fused-ring (bicyclic) bond motifs is 1. The van der Waals surface area contributed by atoms with Crippen LogP contribution in [0.15, 0.2) is 48.5 Å². The van der Waals surface area contributed by atoms with E-state index >= 15 is 0 Å². The topological polar surface area (TPSA) is 66.8 Å². The lowest BCUT2D eigenvalue weighted by Gasteiger charge is -2.38. The molecule has 0 saturated carbocycles. The summed E-state index contributed by atoms with van der Waals surface area (Å²) in [7, 11) is 0. The minimum Gasteiger partial charge on any atom is -0.490 e. The molecule has 0 fully saturated rings. The van der Waals surface area contributed by atoms with Gasteiger partial charge in [-0.05, 0) is 36.6 Å². The van der Waals surface area contributed by atoms with Crippen LogP contribution in [0.1, 0.15) is 30.4 Å². The van der Waals surface area contributed by atoms with E-state index in [1.165, 1.54) is 12.1 Å². The van der Waals surface area contributed by atoms with E-state index in [1.54, 1.807) is 0 Å². The minimum atomic E-state index is -1.62. The predicted molar refractivity (Wildman–Crippen MR) is 86.3 cm³/mol. The summed E-state index contributed by atoms with van der Waals surface area (Å²) in [6, 6.07) is 13.7. The molecular formula is C19H19FO4. The molecule has 0 amide bonds. The highest BCUT2D eigenvalue weighted by molar-refractivity contribution is 5.69. The van der Waals surface area contributed by atoms with E-state index in [1.807, 2.05) is 30.3 Å². The molecule has 0 spiro atoms. The third kappa shape index (κ3) is 3.57. The van der Waals surface area contributed by atoms with Crippen molar-refractivity contribution in [2.75, 3.05) is 0 Å². The van der Waals surface area contributed by atoms with Crippen molar-refractivity contribution >= 4 is 5.97 Å². The number of rotatable bonds is 5. The van der Waals surface area contributed by atoms with Gasteiger partial charge in [-0.1, -0.05) is 30.3 Å². The number of aliphatic carboxylic acids is 1. The third-order valence-electron chi connectivity index (χ3n) is 4.34. The van der Waals surface area contributed by atoms with Gasteiger partial charge >= 0.3 is 5.97 Å². The molecule has 126 valence electrons. The Labute approximate surface area is 139 Å². The number of aryl methyl sites for hydroxylation is 1. The molecule has 1 aliphatic heterocycles. The van der Waals surface area contributed by atoms with Crippen LogP contribution in [-0.4, -0.2) is 22.3 Å². The number of halogens is 1. The van der Waals surface area contributed by atoms with Gasteiger partial charge < -0.3 is 14.9 Å². The summed E-state index contributed by atoms with van der Waals surface area (Å²) < 4.78 is 19.4. The zero-order chi connectivity index (χ0) is 17.2. The van der Waals surface area contributed by atoms with Gasteiger partial charge in [-0.25, -0.2) is 4.39 Å². The van der Waals surface area contributed by atoms with Gasteiger partial charge in [-0.15, -0.1) is 0 Å². The summed E-state index contributed by atoms with van der Waals surface area (Å²) in [5.74, 6) is -1.30. The number of carboxylic acid groups (broad SMARTS) is 1. The number of aliphatic hydroxyl groups is 1. The van der Waals surface area contributed by atoms with Gasteiger partial charge in [0.15, 0.2) is 0 Å². The maximum Gasteiger partial charge on any atom is 0.306 e. The molecule has 3 rings (SSSR count). The van der Waals surface area contributed by atoms with Crippen LogP contribution in [0.5, 0.6) is 5.75 Å². The number of benzene rings is 2. The van der Waals surface area contributed by atoms with Crippen molar-refractivity contribution in [3.8, 4) is 5.75 Å². The molecule has 2 atom stereocenters. The smallest absolute Gasteiger partial charge is 0.306 e. The lowest BCUT2D eigenvalue weighted by atomic mass is 9.81. The van der Waals surface area contributed by atoms with Crippen molar-refractivity contribution in [3.05, 3.63) is 65.5 Å². The van der Waals surface area contributed by atoms with Gasteiger partial charge in [0, 0.05) is 12.0 Å². The zero-order valence-electron chi connectivity index (χ0n) is 13.1. The van der Waals surface area contributed by atoms with Crippen LogP contribution in [0.4, 0.5) is 4.39 Å². The highest BCUT2D eigenvalue weighted by Crippen LogP contribution is 2.42. The van der Waals surface area contributed by atoms with Gasteiger partial charge in [-0.3, -0.25) is 4.79 Å². The van der Waals surface area contributed by atoms with E-state index < -0.39 is 23.8 Å². The van der Waals surface area contributed by atoms with Crippen molar-refractivity contribution in [1.29, 1.82) is 0 Å². The first-order valence-electron chi connectivity index (χ1n) is 7.91. The monoisotopic (exact) mass is 330 g/mol. The minimum absolute atomic E-state index is 0.128. The number of carboxylic acids is 1. The molecule has 2 aromatic rings. The molecule has 0 bridgehead atoms. The molecule has 24 heavy (non-hydrogen) atoms. The number of hydrogen-bond donors (Lipinski definition) is 2. The van der Waals surface area contributed by atoms with Crippen LogP contribution in [0.2, 0.25) is 0 Å². The van der Waals surface area contributed by atoms with E-state index in [4.69, 9.17) is 9.84 Å². The second kappa shape index (κ2) is 6.61. The van der Waals surface area contributed by atoms with Gasteiger partial charge in [0.05, 0.1) is 6.42 Å². The van der Waals surface area contributed by atoms with Crippen LogP contribution in [0, 0.1) is 5.82 Å². The standard InChI is InChI=1S/C19H19FO4/c20-14-7-9-17-16(10-14)19(23,12-18(21)22)11-15(24-17)8-6-13-4-2-1-3-5-13/h1-5,7,9-10,15,23H,6,8,11-12H2,(H,21,22)/t15-,19-/m1/s1. The summed E-state index contributed by atoms with van der Waals surface area (Å²) in [5.41, 5.74) is -0.267. The van der Waals surface area contributed by atoms with E-state index in [2.05, 4.69) is 0 Å². The molecule has 1 heterocycles. The Morgan fingerprint density at radius 2 is 2.00 bits per heavy atom. The van der Waals surface area contributed by atoms with E-state index in [0.717, 1.165) is 18.1 Å². The lowest BCUT2D eigenvalue weighted by molar-refractivity contribution is -0.145. The maximum atomic E-state index is 13.5.